The van der Waals surface area contributed by atoms with Crippen molar-refractivity contribution in [2.75, 3.05) is 18.7 Å². The second-order valence-electron chi connectivity index (χ2n) is 4.72. The Morgan fingerprint density at radius 2 is 1.83 bits per heavy atom. The molecule has 0 aromatic heterocycles. The van der Waals surface area contributed by atoms with Gasteiger partial charge in [-0.1, -0.05) is 23.2 Å². The molecule has 0 atom stereocenters. The molecule has 122 valence electrons. The van der Waals surface area contributed by atoms with Crippen molar-refractivity contribution < 1.29 is 17.9 Å². The van der Waals surface area contributed by atoms with Crippen LogP contribution in [-0.4, -0.2) is 27.7 Å². The maximum atomic E-state index is 12.3. The van der Waals surface area contributed by atoms with Gasteiger partial charge in [-0.05, 0) is 36.4 Å². The molecule has 0 saturated heterocycles. The molecule has 0 bridgehead atoms. The van der Waals surface area contributed by atoms with Crippen LogP contribution in [0.4, 0.5) is 5.69 Å². The minimum atomic E-state index is -3.54. The lowest BCUT2D eigenvalue weighted by Crippen LogP contribution is -2.13. The molecule has 0 unspecified atom stereocenters. The molecule has 0 aliphatic rings. The standard InChI is InChI=1S/C15H13Cl2NO4S/c1-22-13-6-3-9(7-14(13)23(2,20)21)15(19)18-12-8-10(16)4-5-11(12)17/h3-8H,1-2H3,(H,18,19). The quantitative estimate of drug-likeness (QED) is 0.887. The van der Waals surface area contributed by atoms with Crippen LogP contribution in [0.25, 0.3) is 0 Å². The van der Waals surface area contributed by atoms with E-state index < -0.39 is 15.7 Å². The third-order valence-electron chi connectivity index (χ3n) is 3.00. The Morgan fingerprint density at radius 3 is 2.43 bits per heavy atom. The zero-order chi connectivity index (χ0) is 17.2. The lowest BCUT2D eigenvalue weighted by molar-refractivity contribution is 0.102. The number of carbonyl (C=O) groups excluding carboxylic acids is 1. The highest BCUT2D eigenvalue weighted by Crippen LogP contribution is 2.28. The minimum absolute atomic E-state index is 0.0650. The van der Waals surface area contributed by atoms with Crippen molar-refractivity contribution in [3.8, 4) is 5.75 Å². The summed E-state index contributed by atoms with van der Waals surface area (Å²) in [5.74, 6) is -0.341. The van der Waals surface area contributed by atoms with Gasteiger partial charge in [0.2, 0.25) is 0 Å². The van der Waals surface area contributed by atoms with E-state index in [1.54, 1.807) is 12.1 Å². The summed E-state index contributed by atoms with van der Waals surface area (Å²) in [6.07, 6.45) is 1.04. The molecule has 5 nitrogen and oxygen atoms in total. The summed E-state index contributed by atoms with van der Waals surface area (Å²) in [6, 6.07) is 8.78. The molecule has 0 heterocycles. The van der Waals surface area contributed by atoms with Crippen molar-refractivity contribution in [3.63, 3.8) is 0 Å². The van der Waals surface area contributed by atoms with E-state index in [-0.39, 0.29) is 16.2 Å². The van der Waals surface area contributed by atoms with E-state index in [1.165, 1.54) is 31.4 Å². The number of methoxy groups -OCH3 is 1. The van der Waals surface area contributed by atoms with Gasteiger partial charge in [0.05, 0.1) is 17.8 Å². The van der Waals surface area contributed by atoms with E-state index in [1.807, 2.05) is 0 Å². The number of amides is 1. The molecule has 23 heavy (non-hydrogen) atoms. The number of rotatable bonds is 4. The van der Waals surface area contributed by atoms with Gasteiger partial charge in [-0.2, -0.15) is 0 Å². The first-order valence-corrected chi connectivity index (χ1v) is 9.01. The summed E-state index contributed by atoms with van der Waals surface area (Å²) in [6.45, 7) is 0. The Balaban J connectivity index is 2.38. The Hall–Kier alpha value is -1.76. The maximum Gasteiger partial charge on any atom is 0.255 e. The predicted molar refractivity (Wildman–Crippen MR) is 90.5 cm³/mol. The van der Waals surface area contributed by atoms with Gasteiger partial charge in [0.25, 0.3) is 5.91 Å². The van der Waals surface area contributed by atoms with E-state index in [0.717, 1.165) is 6.26 Å². The van der Waals surface area contributed by atoms with Crippen molar-refractivity contribution in [1.82, 2.24) is 0 Å². The van der Waals surface area contributed by atoms with Gasteiger partial charge in [0.1, 0.15) is 10.6 Å². The average Bonchev–Trinajstić information content (AvgIpc) is 2.49. The predicted octanol–water partition coefficient (Wildman–Crippen LogP) is 3.66. The molecule has 2 aromatic rings. The third kappa shape index (κ3) is 4.16. The number of anilines is 1. The Kier molecular flexibility index (Phi) is 5.19. The van der Waals surface area contributed by atoms with Crippen LogP contribution in [0.3, 0.4) is 0 Å². The minimum Gasteiger partial charge on any atom is -0.495 e. The summed E-state index contributed by atoms with van der Waals surface area (Å²) in [5.41, 5.74) is 0.489. The monoisotopic (exact) mass is 373 g/mol. The number of halogens is 2. The first-order chi connectivity index (χ1) is 10.7. The molecule has 0 aliphatic carbocycles. The molecule has 0 radical (unpaired) electrons. The van der Waals surface area contributed by atoms with Crippen molar-refractivity contribution in [1.29, 1.82) is 0 Å². The second kappa shape index (κ2) is 6.78. The van der Waals surface area contributed by atoms with Crippen LogP contribution in [-0.2, 0) is 9.84 Å². The fourth-order valence-corrected chi connectivity index (χ4v) is 3.09. The van der Waals surface area contributed by atoms with Gasteiger partial charge in [-0.15, -0.1) is 0 Å². The molecule has 1 amide bonds. The fourth-order valence-electron chi connectivity index (χ4n) is 1.90. The molecule has 2 aromatic carbocycles. The normalized spacial score (nSPS) is 11.1. The van der Waals surface area contributed by atoms with Crippen LogP contribution in [0, 0.1) is 0 Å². The lowest BCUT2D eigenvalue weighted by Gasteiger charge is -2.11. The second-order valence-corrected chi connectivity index (χ2v) is 7.54. The number of hydrogen-bond donors (Lipinski definition) is 1. The topological polar surface area (TPSA) is 72.5 Å². The zero-order valence-corrected chi connectivity index (χ0v) is 14.6. The zero-order valence-electron chi connectivity index (χ0n) is 12.3. The van der Waals surface area contributed by atoms with E-state index in [0.29, 0.717) is 15.7 Å². The first-order valence-electron chi connectivity index (χ1n) is 6.37. The first kappa shape index (κ1) is 17.6. The van der Waals surface area contributed by atoms with Crippen molar-refractivity contribution >= 4 is 44.6 Å². The van der Waals surface area contributed by atoms with Crippen LogP contribution >= 0.6 is 23.2 Å². The van der Waals surface area contributed by atoms with Crippen LogP contribution < -0.4 is 10.1 Å². The molecule has 0 spiro atoms. The number of ether oxygens (including phenoxy) is 1. The SMILES string of the molecule is COc1ccc(C(=O)Nc2cc(Cl)ccc2Cl)cc1S(C)(=O)=O. The highest BCUT2D eigenvalue weighted by molar-refractivity contribution is 7.90. The van der Waals surface area contributed by atoms with Crippen molar-refractivity contribution in [3.05, 3.63) is 52.0 Å². The van der Waals surface area contributed by atoms with Gasteiger partial charge in [-0.25, -0.2) is 8.42 Å². The van der Waals surface area contributed by atoms with E-state index in [4.69, 9.17) is 27.9 Å². The van der Waals surface area contributed by atoms with Gasteiger partial charge < -0.3 is 10.1 Å². The van der Waals surface area contributed by atoms with Gasteiger partial charge in [0.15, 0.2) is 9.84 Å². The molecule has 8 heteroatoms. The number of benzene rings is 2. The third-order valence-corrected chi connectivity index (χ3v) is 4.68. The number of carbonyl (C=O) groups is 1. The van der Waals surface area contributed by atoms with Crippen molar-refractivity contribution in [2.45, 2.75) is 4.90 Å². The molecule has 0 fully saturated rings. The largest absolute Gasteiger partial charge is 0.495 e. The molecule has 0 aliphatic heterocycles. The van der Waals surface area contributed by atoms with Crippen LogP contribution in [0.1, 0.15) is 10.4 Å². The lowest BCUT2D eigenvalue weighted by atomic mass is 10.2. The molecular weight excluding hydrogens is 361 g/mol. The molecule has 0 saturated carbocycles. The molecule has 1 N–H and O–H groups in total. The van der Waals surface area contributed by atoms with Crippen molar-refractivity contribution in [2.24, 2.45) is 0 Å². The summed E-state index contributed by atoms with van der Waals surface area (Å²) in [4.78, 5) is 12.2. The Bertz CT molecular complexity index is 866. The Morgan fingerprint density at radius 1 is 1.13 bits per heavy atom. The van der Waals surface area contributed by atoms with E-state index in [9.17, 15) is 13.2 Å². The van der Waals surface area contributed by atoms with Gasteiger partial charge in [0, 0.05) is 16.8 Å². The summed E-state index contributed by atoms with van der Waals surface area (Å²) in [5, 5.41) is 3.32. The molecule has 2 rings (SSSR count). The van der Waals surface area contributed by atoms with Crippen LogP contribution in [0.2, 0.25) is 10.0 Å². The van der Waals surface area contributed by atoms with E-state index >= 15 is 0 Å². The van der Waals surface area contributed by atoms with Crippen LogP contribution in [0.15, 0.2) is 41.3 Å². The number of nitrogens with one attached hydrogen (secondary N) is 1. The van der Waals surface area contributed by atoms with Gasteiger partial charge >= 0.3 is 0 Å². The highest BCUT2D eigenvalue weighted by atomic mass is 35.5. The molecular formula is C15H13Cl2NO4S. The summed E-state index contributed by atoms with van der Waals surface area (Å²) < 4.78 is 28.6. The number of sulfone groups is 1. The fraction of sp³-hybridized carbons (Fsp3) is 0.133. The summed E-state index contributed by atoms with van der Waals surface area (Å²) in [7, 11) is -2.18. The number of hydrogen-bond acceptors (Lipinski definition) is 4. The maximum absolute atomic E-state index is 12.3. The highest BCUT2D eigenvalue weighted by Gasteiger charge is 2.18. The van der Waals surface area contributed by atoms with Crippen LogP contribution in [0.5, 0.6) is 5.75 Å². The van der Waals surface area contributed by atoms with Gasteiger partial charge in [-0.3, -0.25) is 4.79 Å². The Labute approximate surface area is 144 Å². The van der Waals surface area contributed by atoms with E-state index in [2.05, 4.69) is 5.32 Å². The average molecular weight is 374 g/mol. The summed E-state index contributed by atoms with van der Waals surface area (Å²) >= 11 is 11.9. The smallest absolute Gasteiger partial charge is 0.255 e.